The summed E-state index contributed by atoms with van der Waals surface area (Å²) in [6.45, 7) is 12.6. The fourth-order valence-corrected chi connectivity index (χ4v) is 3.76. The van der Waals surface area contributed by atoms with Crippen LogP contribution in [-0.2, 0) is 11.2 Å². The summed E-state index contributed by atoms with van der Waals surface area (Å²) in [5.74, 6) is 3.02. The van der Waals surface area contributed by atoms with Crippen molar-refractivity contribution in [3.8, 4) is 11.5 Å². The van der Waals surface area contributed by atoms with Crippen LogP contribution in [0.15, 0.2) is 23.2 Å². The van der Waals surface area contributed by atoms with Crippen LogP contribution in [0.25, 0.3) is 0 Å². The Bertz CT molecular complexity index is 645. The number of guanidine groups is 1. The zero-order valence-corrected chi connectivity index (χ0v) is 19.4. The molecule has 1 aromatic rings. The molecule has 0 amide bonds. The molecule has 1 saturated heterocycles. The van der Waals surface area contributed by atoms with Gasteiger partial charge in [0.2, 0.25) is 0 Å². The Morgan fingerprint density at radius 1 is 1.20 bits per heavy atom. The summed E-state index contributed by atoms with van der Waals surface area (Å²) in [4.78, 5) is 6.91. The first kappa shape index (κ1) is 24.3. The SMILES string of the molecule is CCOc1cc(CCCNC(=NC)NCC(C(C)C)N2CCOCC2)ccc1OC. The molecule has 1 heterocycles. The quantitative estimate of drug-likeness (QED) is 0.326. The molecule has 1 fully saturated rings. The summed E-state index contributed by atoms with van der Waals surface area (Å²) in [5, 5.41) is 6.95. The third kappa shape index (κ3) is 7.69. The lowest BCUT2D eigenvalue weighted by Crippen LogP contribution is -2.52. The summed E-state index contributed by atoms with van der Waals surface area (Å²) < 4.78 is 16.5. The highest BCUT2D eigenvalue weighted by atomic mass is 16.5. The largest absolute Gasteiger partial charge is 0.493 e. The Hall–Kier alpha value is -1.99. The second-order valence-electron chi connectivity index (χ2n) is 7.86. The molecule has 0 radical (unpaired) electrons. The summed E-state index contributed by atoms with van der Waals surface area (Å²) in [5.41, 5.74) is 1.25. The van der Waals surface area contributed by atoms with E-state index in [1.54, 1.807) is 7.11 Å². The molecule has 0 aliphatic carbocycles. The maximum atomic E-state index is 5.67. The van der Waals surface area contributed by atoms with Crippen LogP contribution in [-0.4, -0.2) is 77.1 Å². The number of nitrogens with one attached hydrogen (secondary N) is 2. The van der Waals surface area contributed by atoms with Crippen molar-refractivity contribution >= 4 is 5.96 Å². The molecule has 1 aromatic carbocycles. The highest BCUT2D eigenvalue weighted by molar-refractivity contribution is 5.79. The highest BCUT2D eigenvalue weighted by Crippen LogP contribution is 2.28. The van der Waals surface area contributed by atoms with E-state index in [9.17, 15) is 0 Å². The third-order valence-electron chi connectivity index (χ3n) is 5.45. The number of hydrogen-bond donors (Lipinski definition) is 2. The van der Waals surface area contributed by atoms with Crippen LogP contribution in [0.1, 0.15) is 32.8 Å². The molecule has 0 spiro atoms. The molecule has 30 heavy (non-hydrogen) atoms. The maximum Gasteiger partial charge on any atom is 0.191 e. The van der Waals surface area contributed by atoms with Crippen molar-refractivity contribution in [3.63, 3.8) is 0 Å². The van der Waals surface area contributed by atoms with Crippen molar-refractivity contribution in [1.82, 2.24) is 15.5 Å². The van der Waals surface area contributed by atoms with Crippen LogP contribution in [0.5, 0.6) is 11.5 Å². The predicted molar refractivity (Wildman–Crippen MR) is 123 cm³/mol. The van der Waals surface area contributed by atoms with Crippen LogP contribution >= 0.6 is 0 Å². The van der Waals surface area contributed by atoms with Crippen molar-refractivity contribution in [2.45, 2.75) is 39.7 Å². The molecule has 2 rings (SSSR count). The number of aryl methyl sites for hydroxylation is 1. The van der Waals surface area contributed by atoms with E-state index in [-0.39, 0.29) is 0 Å². The van der Waals surface area contributed by atoms with Gasteiger partial charge in [0.15, 0.2) is 17.5 Å². The Morgan fingerprint density at radius 2 is 1.97 bits per heavy atom. The number of morpholine rings is 1. The lowest BCUT2D eigenvalue weighted by atomic mass is 10.0. The number of hydrogen-bond acceptors (Lipinski definition) is 5. The van der Waals surface area contributed by atoms with Gasteiger partial charge in [0.1, 0.15) is 0 Å². The van der Waals surface area contributed by atoms with Gasteiger partial charge < -0.3 is 24.8 Å². The van der Waals surface area contributed by atoms with Gasteiger partial charge >= 0.3 is 0 Å². The first-order valence-electron chi connectivity index (χ1n) is 11.1. The fourth-order valence-electron chi connectivity index (χ4n) is 3.76. The van der Waals surface area contributed by atoms with E-state index < -0.39 is 0 Å². The van der Waals surface area contributed by atoms with Crippen LogP contribution in [0.2, 0.25) is 0 Å². The number of methoxy groups -OCH3 is 1. The summed E-state index contributed by atoms with van der Waals surface area (Å²) in [7, 11) is 3.50. The smallest absolute Gasteiger partial charge is 0.191 e. The molecular formula is C23H40N4O3. The van der Waals surface area contributed by atoms with Crippen molar-refractivity contribution in [2.24, 2.45) is 10.9 Å². The first-order valence-corrected chi connectivity index (χ1v) is 11.1. The van der Waals surface area contributed by atoms with Gasteiger partial charge in [0.25, 0.3) is 0 Å². The lowest BCUT2D eigenvalue weighted by Gasteiger charge is -2.37. The second kappa shape index (κ2) is 13.3. The van der Waals surface area contributed by atoms with E-state index >= 15 is 0 Å². The van der Waals surface area contributed by atoms with Gasteiger partial charge in [-0.25, -0.2) is 0 Å². The zero-order valence-electron chi connectivity index (χ0n) is 19.4. The summed E-state index contributed by atoms with van der Waals surface area (Å²) in [6, 6.07) is 6.63. The van der Waals surface area contributed by atoms with Gasteiger partial charge in [-0.05, 0) is 43.4 Å². The van der Waals surface area contributed by atoms with Gasteiger partial charge in [0, 0.05) is 39.3 Å². The molecule has 0 saturated carbocycles. The molecular weight excluding hydrogens is 380 g/mol. The minimum absolute atomic E-state index is 0.476. The summed E-state index contributed by atoms with van der Waals surface area (Å²) in [6.07, 6.45) is 1.98. The van der Waals surface area contributed by atoms with Crippen molar-refractivity contribution < 1.29 is 14.2 Å². The maximum absolute atomic E-state index is 5.67. The van der Waals surface area contributed by atoms with Crippen LogP contribution < -0.4 is 20.1 Å². The first-order chi connectivity index (χ1) is 14.6. The number of benzene rings is 1. The monoisotopic (exact) mass is 420 g/mol. The van der Waals surface area contributed by atoms with E-state index in [1.165, 1.54) is 5.56 Å². The molecule has 1 aliphatic heterocycles. The minimum Gasteiger partial charge on any atom is -0.493 e. The normalized spacial score (nSPS) is 16.4. The van der Waals surface area contributed by atoms with Crippen LogP contribution in [0, 0.1) is 5.92 Å². The molecule has 1 aliphatic rings. The van der Waals surface area contributed by atoms with E-state index in [1.807, 2.05) is 20.0 Å². The van der Waals surface area contributed by atoms with Crippen LogP contribution in [0.3, 0.4) is 0 Å². The predicted octanol–water partition coefficient (Wildman–Crippen LogP) is 2.55. The lowest BCUT2D eigenvalue weighted by molar-refractivity contribution is 0.00752. The fraction of sp³-hybridized carbons (Fsp3) is 0.696. The van der Waals surface area contributed by atoms with Gasteiger partial charge in [-0.1, -0.05) is 19.9 Å². The van der Waals surface area contributed by atoms with Crippen LogP contribution in [0.4, 0.5) is 0 Å². The molecule has 0 bridgehead atoms. The average molecular weight is 421 g/mol. The standard InChI is InChI=1S/C23H40N4O3/c1-6-30-22-16-19(9-10-21(22)28-5)8-7-11-25-23(24-4)26-17-20(18(2)3)27-12-14-29-15-13-27/h9-10,16,18,20H,6-8,11-15,17H2,1-5H3,(H2,24,25,26). The van der Waals surface area contributed by atoms with E-state index in [2.05, 4.69) is 46.5 Å². The van der Waals surface area contributed by atoms with E-state index in [4.69, 9.17) is 14.2 Å². The van der Waals surface area contributed by atoms with Gasteiger partial charge in [-0.3, -0.25) is 9.89 Å². The molecule has 7 nitrogen and oxygen atoms in total. The molecule has 1 unspecified atom stereocenters. The van der Waals surface area contributed by atoms with E-state index in [0.717, 1.165) is 69.7 Å². The molecule has 0 aromatic heterocycles. The second-order valence-corrected chi connectivity index (χ2v) is 7.86. The number of nitrogens with zero attached hydrogens (tertiary/aromatic N) is 2. The highest BCUT2D eigenvalue weighted by Gasteiger charge is 2.23. The molecule has 1 atom stereocenters. The Morgan fingerprint density at radius 3 is 2.60 bits per heavy atom. The molecule has 170 valence electrons. The third-order valence-corrected chi connectivity index (χ3v) is 5.45. The Balaban J connectivity index is 1.76. The van der Waals surface area contributed by atoms with Gasteiger partial charge in [-0.15, -0.1) is 0 Å². The zero-order chi connectivity index (χ0) is 21.8. The Kier molecular flexibility index (Phi) is 10.8. The van der Waals surface area contributed by atoms with Crippen molar-refractivity contribution in [3.05, 3.63) is 23.8 Å². The molecule has 7 heteroatoms. The Labute approximate surface area is 182 Å². The van der Waals surface area contributed by atoms with E-state index in [0.29, 0.717) is 18.6 Å². The average Bonchev–Trinajstić information content (AvgIpc) is 2.76. The topological polar surface area (TPSA) is 67.4 Å². The van der Waals surface area contributed by atoms with Gasteiger partial charge in [-0.2, -0.15) is 0 Å². The van der Waals surface area contributed by atoms with Crippen molar-refractivity contribution in [1.29, 1.82) is 0 Å². The van der Waals surface area contributed by atoms with Gasteiger partial charge in [0.05, 0.1) is 26.9 Å². The molecule has 2 N–H and O–H groups in total. The number of aliphatic imine (C=N–C) groups is 1. The number of ether oxygens (including phenoxy) is 3. The summed E-state index contributed by atoms with van der Waals surface area (Å²) >= 11 is 0. The number of rotatable bonds is 11. The van der Waals surface area contributed by atoms with Crippen molar-refractivity contribution in [2.75, 3.05) is 60.2 Å². The minimum atomic E-state index is 0.476.